The van der Waals surface area contributed by atoms with Crippen molar-refractivity contribution in [3.05, 3.63) is 0 Å². The van der Waals surface area contributed by atoms with Gasteiger partial charge in [-0.2, -0.15) is 0 Å². The lowest BCUT2D eigenvalue weighted by Gasteiger charge is -2.47. The molecule has 0 radical (unpaired) electrons. The van der Waals surface area contributed by atoms with Gasteiger partial charge in [0.1, 0.15) is 0 Å². The predicted octanol–water partition coefficient (Wildman–Crippen LogP) is 8.32. The van der Waals surface area contributed by atoms with Crippen molar-refractivity contribution in [1.82, 2.24) is 0 Å². The quantitative estimate of drug-likeness (QED) is 0.0512. The third kappa shape index (κ3) is 14.6. The highest BCUT2D eigenvalue weighted by Crippen LogP contribution is 2.58. The number of piperidine rings is 1. The number of phosphoric ester groups is 1. The van der Waals surface area contributed by atoms with Crippen LogP contribution in [0.1, 0.15) is 136 Å². The summed E-state index contributed by atoms with van der Waals surface area (Å²) >= 11 is 0. The van der Waals surface area contributed by atoms with E-state index in [2.05, 4.69) is 21.0 Å². The highest BCUT2D eigenvalue weighted by atomic mass is 31.2. The van der Waals surface area contributed by atoms with E-state index < -0.39 is 19.9 Å². The minimum Gasteiger partial charge on any atom is -0.457 e. The van der Waals surface area contributed by atoms with Crippen molar-refractivity contribution in [2.75, 3.05) is 33.9 Å². The number of esters is 1. The number of hydrogen-bond donors (Lipinski definition) is 0. The molecular formula is C31H61NO7P+. The first kappa shape index (κ1) is 35.7. The van der Waals surface area contributed by atoms with E-state index in [4.69, 9.17) is 23.0 Å². The number of hydrogen-bond acceptors (Lipinski definition) is 7. The van der Waals surface area contributed by atoms with Crippen molar-refractivity contribution >= 4 is 13.8 Å². The number of likely N-dealkylation sites (tertiary alicyclic amines) is 1. The van der Waals surface area contributed by atoms with Crippen molar-refractivity contribution < 1.29 is 36.9 Å². The van der Waals surface area contributed by atoms with Gasteiger partial charge < -0.3 is 14.0 Å². The maximum Gasteiger partial charge on any atom is 0.479 e. The first-order valence-corrected chi connectivity index (χ1v) is 17.8. The maximum absolute atomic E-state index is 13.2. The fourth-order valence-electron chi connectivity index (χ4n) is 5.60. The lowest BCUT2D eigenvalue weighted by molar-refractivity contribution is -0.941. The van der Waals surface area contributed by atoms with Crippen LogP contribution in [-0.4, -0.2) is 68.8 Å². The van der Waals surface area contributed by atoms with Crippen LogP contribution in [0.3, 0.4) is 0 Å². The van der Waals surface area contributed by atoms with Crippen LogP contribution in [-0.2, 0) is 32.4 Å². The number of nitrogens with zero attached hydrogens (tertiary/aromatic N) is 1. The Bertz CT molecular complexity index is 734. The van der Waals surface area contributed by atoms with Gasteiger partial charge >= 0.3 is 13.8 Å². The monoisotopic (exact) mass is 590 g/mol. The van der Waals surface area contributed by atoms with Crippen LogP contribution >= 0.6 is 7.82 Å². The van der Waals surface area contributed by atoms with E-state index in [0.29, 0.717) is 17.5 Å². The molecule has 2 heterocycles. The molecule has 2 saturated heterocycles. The van der Waals surface area contributed by atoms with Gasteiger partial charge in [0.15, 0.2) is 6.10 Å². The van der Waals surface area contributed by atoms with Gasteiger partial charge in [0.25, 0.3) is 0 Å². The minimum absolute atomic E-state index is 0.0934. The molecule has 8 nitrogen and oxygen atoms in total. The van der Waals surface area contributed by atoms with Gasteiger partial charge in [-0.1, -0.05) is 103 Å². The van der Waals surface area contributed by atoms with Crippen LogP contribution in [0, 0.1) is 0 Å². The van der Waals surface area contributed by atoms with Crippen molar-refractivity contribution in [2.24, 2.45) is 0 Å². The Morgan fingerprint density at radius 2 is 1.40 bits per heavy atom. The normalized spacial score (nSPS) is 25.4. The number of fused-ring (bicyclic) bond motifs is 2. The average molecular weight is 591 g/mol. The molecule has 2 aliphatic rings. The molecule has 0 spiro atoms. The third-order valence-corrected chi connectivity index (χ3v) is 9.94. The Morgan fingerprint density at radius 3 is 1.93 bits per heavy atom. The molecule has 0 N–H and O–H groups in total. The average Bonchev–Trinajstić information content (AvgIpc) is 2.90. The zero-order valence-electron chi connectivity index (χ0n) is 26.4. The standard InChI is InChI=1S/C31H61NO7P/c1-6-7-8-9-10-11-12-13-14-15-16-17-18-19-20-21-24-35-27(2)30(37-28(3)33)26-36-40(34)38-29-22-23-32(4,5)31(25-29)39-40/h27,29-31H,6-26H2,1-5H3/q+1. The summed E-state index contributed by atoms with van der Waals surface area (Å²) in [6, 6.07) is 0. The Hall–Kier alpha value is -0.500. The fourth-order valence-corrected chi connectivity index (χ4v) is 7.30. The maximum atomic E-state index is 13.2. The van der Waals surface area contributed by atoms with E-state index in [-0.39, 0.29) is 25.0 Å². The second-order valence-corrected chi connectivity index (χ2v) is 14.2. The Balaban J connectivity index is 1.52. The Labute approximate surface area is 245 Å². The summed E-state index contributed by atoms with van der Waals surface area (Å²) in [4.78, 5) is 11.7. The number of quaternary nitrogens is 1. The lowest BCUT2D eigenvalue weighted by atomic mass is 10.0. The number of ether oxygens (including phenoxy) is 2. The number of rotatable bonds is 23. The lowest BCUT2D eigenvalue weighted by Crippen LogP contribution is -2.58. The summed E-state index contributed by atoms with van der Waals surface area (Å²) in [6.07, 6.45) is 21.3. The molecule has 0 aromatic carbocycles. The molecular weight excluding hydrogens is 529 g/mol. The van der Waals surface area contributed by atoms with Gasteiger partial charge in [-0.15, -0.1) is 0 Å². The predicted molar refractivity (Wildman–Crippen MR) is 160 cm³/mol. The molecule has 0 aliphatic carbocycles. The van der Waals surface area contributed by atoms with Gasteiger partial charge in [-0.3, -0.25) is 13.8 Å². The Morgan fingerprint density at radius 1 is 0.875 bits per heavy atom. The van der Waals surface area contributed by atoms with Crippen molar-refractivity contribution in [2.45, 2.75) is 161 Å². The van der Waals surface area contributed by atoms with E-state index in [1.807, 2.05) is 6.92 Å². The smallest absolute Gasteiger partial charge is 0.457 e. The first-order chi connectivity index (χ1) is 19.1. The van der Waals surface area contributed by atoms with Crippen molar-refractivity contribution in [3.8, 4) is 0 Å². The number of phosphoric acid groups is 1. The van der Waals surface area contributed by atoms with Crippen LogP contribution < -0.4 is 0 Å². The second-order valence-electron chi connectivity index (χ2n) is 12.6. The van der Waals surface area contributed by atoms with Crippen molar-refractivity contribution in [1.29, 1.82) is 0 Å². The van der Waals surface area contributed by atoms with E-state index in [9.17, 15) is 9.36 Å². The summed E-state index contributed by atoms with van der Waals surface area (Å²) in [5, 5.41) is 0. The SMILES string of the molecule is CCCCCCCCCCCCCCCCCCOC(C)C(COP1(=O)OC2CC[N+](C)(C)C(C2)O1)OC(C)=O. The van der Waals surface area contributed by atoms with Gasteiger partial charge in [-0.25, -0.2) is 9.09 Å². The summed E-state index contributed by atoms with van der Waals surface area (Å²) in [7, 11) is 0.389. The summed E-state index contributed by atoms with van der Waals surface area (Å²) in [5.41, 5.74) is 0. The molecule has 0 aromatic heterocycles. The molecule has 2 bridgehead atoms. The molecule has 5 atom stereocenters. The number of unbranched alkanes of at least 4 members (excludes halogenated alkanes) is 15. The van der Waals surface area contributed by atoms with Crippen LogP contribution in [0.5, 0.6) is 0 Å². The summed E-state index contributed by atoms with van der Waals surface area (Å²) in [6.45, 7) is 6.89. The highest BCUT2D eigenvalue weighted by molar-refractivity contribution is 7.48. The topological polar surface area (TPSA) is 80.3 Å². The Kier molecular flexibility index (Phi) is 17.5. The van der Waals surface area contributed by atoms with Crippen LogP contribution in [0.15, 0.2) is 0 Å². The molecule has 5 unspecified atom stereocenters. The molecule has 2 fully saturated rings. The first-order valence-electron chi connectivity index (χ1n) is 16.4. The molecule has 0 aromatic rings. The molecule has 2 aliphatic heterocycles. The number of carbonyl (C=O) groups excluding carboxylic acids is 1. The zero-order chi connectivity index (χ0) is 29.3. The summed E-state index contributed by atoms with van der Waals surface area (Å²) < 4.78 is 42.4. The second kappa shape index (κ2) is 19.6. The molecule has 9 heteroatoms. The largest absolute Gasteiger partial charge is 0.479 e. The third-order valence-electron chi connectivity index (χ3n) is 8.42. The van der Waals surface area contributed by atoms with Gasteiger partial charge in [0.05, 0.1) is 45.9 Å². The summed E-state index contributed by atoms with van der Waals surface area (Å²) in [5.74, 6) is -0.426. The fraction of sp³-hybridized carbons (Fsp3) is 0.968. The van der Waals surface area contributed by atoms with Crippen LogP contribution in [0.2, 0.25) is 0 Å². The van der Waals surface area contributed by atoms with Gasteiger partial charge in [0, 0.05) is 20.0 Å². The van der Waals surface area contributed by atoms with Crippen LogP contribution in [0.25, 0.3) is 0 Å². The highest BCUT2D eigenvalue weighted by Gasteiger charge is 2.50. The van der Waals surface area contributed by atoms with Crippen molar-refractivity contribution in [3.63, 3.8) is 0 Å². The molecule has 40 heavy (non-hydrogen) atoms. The van der Waals surface area contributed by atoms with Gasteiger partial charge in [-0.05, 0) is 13.3 Å². The molecule has 0 saturated carbocycles. The molecule has 0 amide bonds. The van der Waals surface area contributed by atoms with Crippen LogP contribution in [0.4, 0.5) is 0 Å². The van der Waals surface area contributed by atoms with E-state index in [1.54, 1.807) is 0 Å². The number of carbonyl (C=O) groups is 1. The van der Waals surface area contributed by atoms with Gasteiger partial charge in [0.2, 0.25) is 6.23 Å². The zero-order valence-corrected chi connectivity index (χ0v) is 27.3. The van der Waals surface area contributed by atoms with E-state index in [0.717, 1.165) is 25.8 Å². The van der Waals surface area contributed by atoms with E-state index >= 15 is 0 Å². The minimum atomic E-state index is -3.74. The molecule has 2 rings (SSSR count). The molecule has 236 valence electrons. The van der Waals surface area contributed by atoms with E-state index in [1.165, 1.54) is 96.8 Å².